The van der Waals surface area contributed by atoms with Crippen LogP contribution < -0.4 is 30.9 Å². The second-order valence-corrected chi connectivity index (χ2v) is 20.0. The average Bonchev–Trinajstić information content (AvgIpc) is 3.73. The van der Waals surface area contributed by atoms with Gasteiger partial charge >= 0.3 is 0 Å². The normalized spacial score (nSPS) is 18.2. The summed E-state index contributed by atoms with van der Waals surface area (Å²) in [7, 11) is 1.26. The Kier molecular flexibility index (Phi) is 13.5. The lowest BCUT2D eigenvalue weighted by Crippen LogP contribution is -2.53. The lowest BCUT2D eigenvalue weighted by atomic mass is 9.89. The summed E-state index contributed by atoms with van der Waals surface area (Å²) in [5.41, 5.74) is 7.46. The molecule has 5 heterocycles. The molecular weight excluding hydrogens is 883 g/mol. The SMILES string of the molecule is CCc1cc(Nc2ncc(Br)c(Nc3ccc4scnc4c3P(C)C)n2)c(OC)cc1N1CCC(N2CCN(CCc3cc(F)c(C4CCC(=O)NC4=O)c(F)c3)CC2)CC1. The van der Waals surface area contributed by atoms with Gasteiger partial charge in [-0.05, 0) is 103 Å². The van der Waals surface area contributed by atoms with Gasteiger partial charge in [-0.2, -0.15) is 4.98 Å². The Bertz CT molecular complexity index is 2400. The third-order valence-corrected chi connectivity index (χ3v) is 14.8. The number of carbonyl (C=O) groups excluding carboxylic acids is 2. The second-order valence-electron chi connectivity index (χ2n) is 16.1. The molecule has 5 aromatic rings. The number of fused-ring (bicyclic) bond motifs is 1. The van der Waals surface area contributed by atoms with Gasteiger partial charge in [0.25, 0.3) is 0 Å². The van der Waals surface area contributed by atoms with Crippen molar-refractivity contribution in [3.63, 3.8) is 0 Å². The first-order chi connectivity index (χ1) is 29.5. The fraction of sp³-hybridized carbons (Fsp3) is 0.432. The molecular formula is C44H51BrF2N9O3PS. The summed E-state index contributed by atoms with van der Waals surface area (Å²) in [6.45, 7) is 12.9. The molecule has 3 saturated heterocycles. The molecule has 322 valence electrons. The van der Waals surface area contributed by atoms with Crippen molar-refractivity contribution >= 4 is 91.4 Å². The predicted octanol–water partition coefficient (Wildman–Crippen LogP) is 7.90. The molecule has 3 aliphatic heterocycles. The Morgan fingerprint density at radius 3 is 2.41 bits per heavy atom. The topological polar surface area (TPSA) is 128 Å². The highest BCUT2D eigenvalue weighted by Gasteiger charge is 2.33. The van der Waals surface area contributed by atoms with Crippen LogP contribution in [0.2, 0.25) is 0 Å². The Morgan fingerprint density at radius 1 is 0.967 bits per heavy atom. The number of imide groups is 1. The van der Waals surface area contributed by atoms with Gasteiger partial charge in [-0.15, -0.1) is 11.3 Å². The molecule has 0 bridgehead atoms. The van der Waals surface area contributed by atoms with Crippen molar-refractivity contribution in [1.82, 2.24) is 30.1 Å². The molecule has 1 atom stereocenters. The summed E-state index contributed by atoms with van der Waals surface area (Å²) in [6.07, 6.45) is 5.41. The third kappa shape index (κ3) is 9.53. The molecule has 1 unspecified atom stereocenters. The lowest BCUT2D eigenvalue weighted by Gasteiger charge is -2.43. The van der Waals surface area contributed by atoms with E-state index in [1.54, 1.807) is 24.6 Å². The second kappa shape index (κ2) is 19.0. The minimum atomic E-state index is -0.987. The van der Waals surface area contributed by atoms with Crippen LogP contribution in [0.3, 0.4) is 0 Å². The van der Waals surface area contributed by atoms with Crippen LogP contribution in [-0.2, 0) is 22.4 Å². The number of amides is 2. The fourth-order valence-electron chi connectivity index (χ4n) is 8.89. The van der Waals surface area contributed by atoms with Gasteiger partial charge in [-0.3, -0.25) is 19.8 Å². The molecule has 3 fully saturated rings. The minimum Gasteiger partial charge on any atom is -0.494 e. The number of nitrogens with zero attached hydrogens (tertiary/aromatic N) is 6. The fourth-order valence-corrected chi connectivity index (χ4v) is 11.2. The molecule has 2 aromatic heterocycles. The predicted molar refractivity (Wildman–Crippen MR) is 245 cm³/mol. The Labute approximate surface area is 368 Å². The standard InChI is InChI=1S/C44H51BrF2N9O3PS/c1-5-27-22-34(51-44-48-24-30(45)42(53-44)50-33-7-8-37-40(49-25-61-37)41(33)60(3)4)36(59-2)23-35(27)56-14-11-28(12-15-56)55-18-16-54(17-19-55)13-10-26-20-31(46)39(32(47)21-26)29-6-9-38(57)52-43(29)58/h7-8,20-25,28-29H,5-6,9-19H2,1-4H3,(H,52,57,58)(H2,48,50,51,53). The zero-order valence-corrected chi connectivity index (χ0v) is 38.2. The van der Waals surface area contributed by atoms with Crippen molar-refractivity contribution < 1.29 is 23.1 Å². The number of halogens is 3. The van der Waals surface area contributed by atoms with Crippen LogP contribution in [0.4, 0.5) is 37.6 Å². The number of methoxy groups -OCH3 is 1. The van der Waals surface area contributed by atoms with Gasteiger partial charge < -0.3 is 25.2 Å². The maximum Gasteiger partial charge on any atom is 0.234 e. The first-order valence-corrected chi connectivity index (χ1v) is 24.7. The molecule has 61 heavy (non-hydrogen) atoms. The molecule has 12 nitrogen and oxygen atoms in total. The molecule has 0 aliphatic carbocycles. The van der Waals surface area contributed by atoms with Crippen molar-refractivity contribution in [3.8, 4) is 5.75 Å². The van der Waals surface area contributed by atoms with E-state index in [0.717, 1.165) is 85.6 Å². The zero-order chi connectivity index (χ0) is 42.8. The van der Waals surface area contributed by atoms with E-state index >= 15 is 8.78 Å². The van der Waals surface area contributed by atoms with E-state index in [0.29, 0.717) is 36.3 Å². The summed E-state index contributed by atoms with van der Waals surface area (Å²) >= 11 is 5.30. The highest BCUT2D eigenvalue weighted by atomic mass is 79.9. The van der Waals surface area contributed by atoms with Gasteiger partial charge in [-0.25, -0.2) is 18.7 Å². The smallest absolute Gasteiger partial charge is 0.234 e. The number of piperazine rings is 1. The van der Waals surface area contributed by atoms with Gasteiger partial charge in [0, 0.05) is 92.8 Å². The first-order valence-electron chi connectivity index (χ1n) is 20.8. The Balaban J connectivity index is 0.857. The van der Waals surface area contributed by atoms with Gasteiger partial charge in [0.05, 0.1) is 38.9 Å². The van der Waals surface area contributed by atoms with Crippen LogP contribution in [0.25, 0.3) is 10.2 Å². The van der Waals surface area contributed by atoms with E-state index in [1.165, 1.54) is 33.4 Å². The molecule has 3 aliphatic rings. The average molecular weight is 935 g/mol. The summed E-state index contributed by atoms with van der Waals surface area (Å²) in [5.74, 6) is -1.65. The van der Waals surface area contributed by atoms with Crippen LogP contribution in [-0.4, -0.2) is 109 Å². The largest absolute Gasteiger partial charge is 0.494 e. The number of aromatic nitrogens is 3. The van der Waals surface area contributed by atoms with Crippen LogP contribution in [0.1, 0.15) is 55.2 Å². The van der Waals surface area contributed by atoms with Crippen molar-refractivity contribution in [2.24, 2.45) is 0 Å². The number of carbonyl (C=O) groups is 2. The number of hydrogen-bond acceptors (Lipinski definition) is 12. The summed E-state index contributed by atoms with van der Waals surface area (Å²) in [6, 6.07) is 11.7. The highest BCUT2D eigenvalue weighted by Crippen LogP contribution is 2.39. The summed E-state index contributed by atoms with van der Waals surface area (Å²) < 4.78 is 38.1. The number of benzene rings is 3. The molecule has 0 spiro atoms. The number of ether oxygens (including phenoxy) is 1. The number of hydrogen-bond donors (Lipinski definition) is 3. The van der Waals surface area contributed by atoms with Crippen molar-refractivity contribution in [2.75, 3.05) is 81.8 Å². The maximum absolute atomic E-state index is 15.1. The van der Waals surface area contributed by atoms with Crippen molar-refractivity contribution in [3.05, 3.63) is 80.9 Å². The quantitative estimate of drug-likeness (QED) is 0.0788. The van der Waals surface area contributed by atoms with E-state index in [-0.39, 0.29) is 18.4 Å². The molecule has 0 saturated carbocycles. The number of rotatable bonds is 13. The van der Waals surface area contributed by atoms with Gasteiger partial charge in [0.15, 0.2) is 0 Å². The monoisotopic (exact) mass is 933 g/mol. The molecule has 8 rings (SSSR count). The zero-order valence-electron chi connectivity index (χ0n) is 34.9. The number of anilines is 5. The van der Waals surface area contributed by atoms with Crippen molar-refractivity contribution in [2.45, 2.75) is 57.4 Å². The first kappa shape index (κ1) is 43.3. The Hall–Kier alpha value is -4.34. The van der Waals surface area contributed by atoms with E-state index in [9.17, 15) is 9.59 Å². The van der Waals surface area contributed by atoms with E-state index in [1.807, 2.05) is 5.51 Å². The van der Waals surface area contributed by atoms with Crippen LogP contribution >= 0.6 is 35.2 Å². The van der Waals surface area contributed by atoms with Gasteiger partial charge in [-0.1, -0.05) is 14.8 Å². The van der Waals surface area contributed by atoms with Gasteiger partial charge in [0.1, 0.15) is 23.2 Å². The maximum atomic E-state index is 15.1. The van der Waals surface area contributed by atoms with E-state index < -0.39 is 37.3 Å². The van der Waals surface area contributed by atoms with Crippen LogP contribution in [0.5, 0.6) is 5.75 Å². The highest BCUT2D eigenvalue weighted by molar-refractivity contribution is 9.10. The summed E-state index contributed by atoms with van der Waals surface area (Å²) in [5, 5.41) is 10.4. The number of thiazole rings is 1. The Morgan fingerprint density at radius 2 is 1.72 bits per heavy atom. The van der Waals surface area contributed by atoms with Crippen molar-refractivity contribution in [1.29, 1.82) is 0 Å². The number of piperidine rings is 2. The van der Waals surface area contributed by atoms with E-state index in [4.69, 9.17) is 9.72 Å². The minimum absolute atomic E-state index is 0.0709. The third-order valence-electron chi connectivity index (χ3n) is 12.1. The number of nitrogens with one attached hydrogen (secondary N) is 3. The van der Waals surface area contributed by atoms with E-state index in [2.05, 4.69) is 101 Å². The lowest BCUT2D eigenvalue weighted by molar-refractivity contribution is -0.134. The molecule has 2 amide bonds. The molecule has 3 aromatic carbocycles. The molecule has 17 heteroatoms. The molecule has 0 radical (unpaired) electrons. The molecule has 3 N–H and O–H groups in total. The van der Waals surface area contributed by atoms with Crippen LogP contribution in [0.15, 0.2) is 52.6 Å². The summed E-state index contributed by atoms with van der Waals surface area (Å²) in [4.78, 5) is 45.3. The van der Waals surface area contributed by atoms with Crippen LogP contribution in [0, 0.1) is 11.6 Å². The number of aryl methyl sites for hydroxylation is 1. The van der Waals surface area contributed by atoms with Gasteiger partial charge in [0.2, 0.25) is 17.8 Å².